The van der Waals surface area contributed by atoms with Gasteiger partial charge in [0.05, 0.1) is 16.7 Å². The standard InChI is InChI=1S/C10H11ClF3NO/c1-6(16)5-15-7-2-3-9(11)8(4-7)10(12,13)14/h2-4,6,15-16H,5H2,1H3/t6-/m1/s1. The van der Waals surface area contributed by atoms with Crippen molar-refractivity contribution in [2.75, 3.05) is 11.9 Å². The van der Waals surface area contributed by atoms with Gasteiger partial charge in [-0.05, 0) is 25.1 Å². The molecule has 0 aromatic heterocycles. The highest BCUT2D eigenvalue weighted by molar-refractivity contribution is 6.31. The zero-order valence-corrected chi connectivity index (χ0v) is 9.23. The van der Waals surface area contributed by atoms with Gasteiger partial charge in [0.1, 0.15) is 0 Å². The third-order valence-electron chi connectivity index (χ3n) is 1.87. The molecule has 0 radical (unpaired) electrons. The van der Waals surface area contributed by atoms with Crippen molar-refractivity contribution in [1.82, 2.24) is 0 Å². The first-order chi connectivity index (χ1) is 7.30. The second-order valence-corrected chi connectivity index (χ2v) is 3.83. The average molecular weight is 254 g/mol. The lowest BCUT2D eigenvalue weighted by atomic mass is 10.2. The molecule has 0 spiro atoms. The van der Waals surface area contributed by atoms with E-state index in [2.05, 4.69) is 5.32 Å². The van der Waals surface area contributed by atoms with E-state index in [1.165, 1.54) is 19.1 Å². The van der Waals surface area contributed by atoms with Crippen molar-refractivity contribution in [2.45, 2.75) is 19.2 Å². The summed E-state index contributed by atoms with van der Waals surface area (Å²) in [6, 6.07) is 3.53. The van der Waals surface area contributed by atoms with E-state index in [4.69, 9.17) is 16.7 Å². The third-order valence-corrected chi connectivity index (χ3v) is 2.20. The number of aliphatic hydroxyl groups excluding tert-OH is 1. The van der Waals surface area contributed by atoms with Gasteiger partial charge in [-0.15, -0.1) is 0 Å². The number of alkyl halides is 3. The van der Waals surface area contributed by atoms with Crippen LogP contribution in [0.5, 0.6) is 0 Å². The van der Waals surface area contributed by atoms with E-state index in [9.17, 15) is 13.2 Å². The maximum absolute atomic E-state index is 12.5. The van der Waals surface area contributed by atoms with Crippen molar-refractivity contribution in [3.63, 3.8) is 0 Å². The minimum Gasteiger partial charge on any atom is -0.392 e. The molecule has 0 saturated heterocycles. The van der Waals surface area contributed by atoms with Crippen LogP contribution in [-0.2, 0) is 6.18 Å². The van der Waals surface area contributed by atoms with E-state index >= 15 is 0 Å². The van der Waals surface area contributed by atoms with Crippen molar-refractivity contribution < 1.29 is 18.3 Å². The average Bonchev–Trinajstić information content (AvgIpc) is 2.14. The molecule has 6 heteroatoms. The molecule has 0 aliphatic heterocycles. The van der Waals surface area contributed by atoms with Crippen molar-refractivity contribution in [3.05, 3.63) is 28.8 Å². The van der Waals surface area contributed by atoms with Gasteiger partial charge < -0.3 is 10.4 Å². The normalized spacial score (nSPS) is 13.6. The Morgan fingerprint density at radius 1 is 1.44 bits per heavy atom. The molecule has 1 aromatic carbocycles. The summed E-state index contributed by atoms with van der Waals surface area (Å²) in [4.78, 5) is 0. The highest BCUT2D eigenvalue weighted by Gasteiger charge is 2.33. The molecule has 1 aromatic rings. The predicted octanol–water partition coefficient (Wildman–Crippen LogP) is 3.15. The maximum Gasteiger partial charge on any atom is 0.417 e. The van der Waals surface area contributed by atoms with Gasteiger partial charge in [0.15, 0.2) is 0 Å². The van der Waals surface area contributed by atoms with Gasteiger partial charge in [0, 0.05) is 12.2 Å². The molecule has 2 N–H and O–H groups in total. The number of aliphatic hydroxyl groups is 1. The third kappa shape index (κ3) is 3.57. The first kappa shape index (κ1) is 13.1. The van der Waals surface area contributed by atoms with E-state index in [0.29, 0.717) is 0 Å². The maximum atomic E-state index is 12.5. The first-order valence-electron chi connectivity index (χ1n) is 4.59. The number of nitrogens with one attached hydrogen (secondary N) is 1. The molecular weight excluding hydrogens is 243 g/mol. The molecule has 1 atom stereocenters. The molecule has 0 saturated carbocycles. The molecule has 90 valence electrons. The summed E-state index contributed by atoms with van der Waals surface area (Å²) in [5, 5.41) is 11.3. The Morgan fingerprint density at radius 3 is 2.56 bits per heavy atom. The van der Waals surface area contributed by atoms with Gasteiger partial charge in [0.25, 0.3) is 0 Å². The van der Waals surface area contributed by atoms with E-state index in [1.54, 1.807) is 0 Å². The molecular formula is C10H11ClF3NO. The highest BCUT2D eigenvalue weighted by atomic mass is 35.5. The second-order valence-electron chi connectivity index (χ2n) is 3.42. The predicted molar refractivity (Wildman–Crippen MR) is 56.6 cm³/mol. The molecule has 0 bridgehead atoms. The summed E-state index contributed by atoms with van der Waals surface area (Å²) in [6.45, 7) is 1.71. The van der Waals surface area contributed by atoms with E-state index in [-0.39, 0.29) is 17.3 Å². The number of rotatable bonds is 3. The Hall–Kier alpha value is -0.940. The van der Waals surface area contributed by atoms with Crippen molar-refractivity contribution >= 4 is 17.3 Å². The quantitative estimate of drug-likeness (QED) is 0.867. The molecule has 1 rings (SSSR count). The van der Waals surface area contributed by atoms with Crippen LogP contribution in [0, 0.1) is 0 Å². The minimum absolute atomic E-state index is 0.179. The Morgan fingerprint density at radius 2 is 2.06 bits per heavy atom. The molecule has 0 unspecified atom stereocenters. The summed E-state index contributed by atoms with van der Waals surface area (Å²) >= 11 is 5.45. The number of hydrogen-bond donors (Lipinski definition) is 2. The number of hydrogen-bond acceptors (Lipinski definition) is 2. The summed E-state index contributed by atoms with van der Waals surface area (Å²) in [5.41, 5.74) is -0.609. The van der Waals surface area contributed by atoms with Crippen LogP contribution in [0.2, 0.25) is 5.02 Å². The Bertz CT molecular complexity index is 366. The minimum atomic E-state index is -4.47. The molecule has 0 heterocycles. The lowest BCUT2D eigenvalue weighted by molar-refractivity contribution is -0.137. The topological polar surface area (TPSA) is 32.3 Å². The van der Waals surface area contributed by atoms with Crippen LogP contribution >= 0.6 is 11.6 Å². The molecule has 0 amide bonds. The monoisotopic (exact) mass is 253 g/mol. The fourth-order valence-corrected chi connectivity index (χ4v) is 1.34. The van der Waals surface area contributed by atoms with E-state index in [1.807, 2.05) is 0 Å². The molecule has 0 fully saturated rings. The Balaban J connectivity index is 2.90. The summed E-state index contributed by atoms with van der Waals surface area (Å²) in [6.07, 6.45) is -5.11. The van der Waals surface area contributed by atoms with Crippen LogP contribution in [-0.4, -0.2) is 17.8 Å². The van der Waals surface area contributed by atoms with Crippen LogP contribution in [0.15, 0.2) is 18.2 Å². The van der Waals surface area contributed by atoms with E-state index in [0.717, 1.165) is 6.07 Å². The first-order valence-corrected chi connectivity index (χ1v) is 4.97. The van der Waals surface area contributed by atoms with Crippen molar-refractivity contribution in [2.24, 2.45) is 0 Å². The van der Waals surface area contributed by atoms with Crippen LogP contribution in [0.4, 0.5) is 18.9 Å². The summed E-state index contributed by atoms with van der Waals surface area (Å²) in [7, 11) is 0. The zero-order valence-electron chi connectivity index (χ0n) is 8.48. The second kappa shape index (κ2) is 4.93. The molecule has 16 heavy (non-hydrogen) atoms. The van der Waals surface area contributed by atoms with Gasteiger partial charge in [-0.2, -0.15) is 13.2 Å². The summed E-state index contributed by atoms with van der Waals surface area (Å²) in [5.74, 6) is 0. The van der Waals surface area contributed by atoms with Crippen LogP contribution in [0.25, 0.3) is 0 Å². The molecule has 0 aliphatic carbocycles. The fourth-order valence-electron chi connectivity index (χ4n) is 1.12. The van der Waals surface area contributed by atoms with Gasteiger partial charge in [-0.25, -0.2) is 0 Å². The smallest absolute Gasteiger partial charge is 0.392 e. The number of benzene rings is 1. The summed E-state index contributed by atoms with van der Waals surface area (Å²) < 4.78 is 37.4. The zero-order chi connectivity index (χ0) is 12.3. The highest BCUT2D eigenvalue weighted by Crippen LogP contribution is 2.36. The van der Waals surface area contributed by atoms with Gasteiger partial charge in [-0.3, -0.25) is 0 Å². The van der Waals surface area contributed by atoms with Crippen LogP contribution in [0.1, 0.15) is 12.5 Å². The lowest BCUT2D eigenvalue weighted by Crippen LogP contribution is -2.16. The van der Waals surface area contributed by atoms with Crippen LogP contribution in [0.3, 0.4) is 0 Å². The van der Waals surface area contributed by atoms with Gasteiger partial charge >= 0.3 is 6.18 Å². The number of halogens is 4. The van der Waals surface area contributed by atoms with Gasteiger partial charge in [-0.1, -0.05) is 11.6 Å². The molecule has 2 nitrogen and oxygen atoms in total. The lowest BCUT2D eigenvalue weighted by Gasteiger charge is -2.13. The number of anilines is 1. The van der Waals surface area contributed by atoms with Crippen molar-refractivity contribution in [1.29, 1.82) is 0 Å². The van der Waals surface area contributed by atoms with Gasteiger partial charge in [0.2, 0.25) is 0 Å². The molecule has 0 aliphatic rings. The van der Waals surface area contributed by atoms with Crippen LogP contribution < -0.4 is 5.32 Å². The van der Waals surface area contributed by atoms with Crippen molar-refractivity contribution in [3.8, 4) is 0 Å². The fraction of sp³-hybridized carbons (Fsp3) is 0.400. The Kier molecular flexibility index (Phi) is 4.04. The van der Waals surface area contributed by atoms with E-state index < -0.39 is 17.8 Å². The largest absolute Gasteiger partial charge is 0.417 e. The Labute approximate surface area is 96.0 Å². The SMILES string of the molecule is C[C@@H](O)CNc1ccc(Cl)c(C(F)(F)F)c1.